The van der Waals surface area contributed by atoms with Crippen LogP contribution in [0.25, 0.3) is 11.0 Å². The third-order valence-electron chi connectivity index (χ3n) is 3.63. The molecule has 3 aromatic rings. The molecule has 8 heteroatoms. The quantitative estimate of drug-likeness (QED) is 0.679. The monoisotopic (exact) mass is 358 g/mol. The molecule has 0 bridgehead atoms. The molecule has 128 valence electrons. The average Bonchev–Trinajstić information content (AvgIpc) is 2.93. The summed E-state index contributed by atoms with van der Waals surface area (Å²) in [5.74, 6) is -1.33. The number of hydrogen-bond donors (Lipinski definition) is 2. The van der Waals surface area contributed by atoms with Gasteiger partial charge >= 0.3 is 0 Å². The highest BCUT2D eigenvalue weighted by atomic mass is 32.2. The summed E-state index contributed by atoms with van der Waals surface area (Å²) < 4.78 is 32.9. The molecular formula is C17H14N2O5S. The third kappa shape index (κ3) is 3.11. The maximum Gasteiger partial charge on any atom is 0.286 e. The van der Waals surface area contributed by atoms with Crippen molar-refractivity contribution in [2.75, 3.05) is 4.72 Å². The maximum atomic E-state index is 12.6. The fourth-order valence-corrected chi connectivity index (χ4v) is 3.47. The summed E-state index contributed by atoms with van der Waals surface area (Å²) in [7, 11) is -4.00. The normalized spacial score (nSPS) is 11.4. The average molecular weight is 358 g/mol. The van der Waals surface area contributed by atoms with E-state index < -0.39 is 15.9 Å². The van der Waals surface area contributed by atoms with Crippen molar-refractivity contribution in [3.63, 3.8) is 0 Å². The second-order valence-electron chi connectivity index (χ2n) is 5.35. The van der Waals surface area contributed by atoms with E-state index in [2.05, 4.69) is 4.72 Å². The number of hydrogen-bond acceptors (Lipinski definition) is 5. The Hall–Kier alpha value is -3.13. The largest absolute Gasteiger partial charge is 0.449 e. The molecule has 1 aromatic heterocycles. The third-order valence-corrected chi connectivity index (χ3v) is 4.99. The van der Waals surface area contributed by atoms with Gasteiger partial charge in [0.1, 0.15) is 11.3 Å². The van der Waals surface area contributed by atoms with Crippen LogP contribution in [-0.2, 0) is 10.0 Å². The first kappa shape index (κ1) is 16.7. The molecule has 3 N–H and O–H groups in total. The van der Waals surface area contributed by atoms with E-state index in [-0.39, 0.29) is 22.1 Å². The Bertz CT molecular complexity index is 1080. The number of amides is 1. The van der Waals surface area contributed by atoms with Crippen molar-refractivity contribution >= 4 is 38.4 Å². The number of rotatable bonds is 5. The molecule has 7 nitrogen and oxygen atoms in total. The van der Waals surface area contributed by atoms with Gasteiger partial charge in [0.05, 0.1) is 4.90 Å². The van der Waals surface area contributed by atoms with E-state index >= 15 is 0 Å². The number of carbonyl (C=O) groups excluding carboxylic acids is 2. The van der Waals surface area contributed by atoms with Gasteiger partial charge in [0, 0.05) is 10.9 Å². The van der Waals surface area contributed by atoms with E-state index in [0.717, 1.165) is 0 Å². The van der Waals surface area contributed by atoms with Crippen LogP contribution < -0.4 is 10.5 Å². The zero-order valence-corrected chi connectivity index (χ0v) is 14.0. The number of nitrogens with one attached hydrogen (secondary N) is 1. The Balaban J connectivity index is 2.06. The lowest BCUT2D eigenvalue weighted by Gasteiger charge is -2.08. The minimum absolute atomic E-state index is 0.0151. The van der Waals surface area contributed by atoms with Crippen LogP contribution in [0, 0.1) is 0 Å². The van der Waals surface area contributed by atoms with Crippen molar-refractivity contribution in [2.45, 2.75) is 11.8 Å². The molecule has 0 saturated heterocycles. The maximum absolute atomic E-state index is 12.6. The predicted molar refractivity (Wildman–Crippen MR) is 92.0 cm³/mol. The highest BCUT2D eigenvalue weighted by Gasteiger charge is 2.24. The molecule has 1 heterocycles. The van der Waals surface area contributed by atoms with Gasteiger partial charge in [-0.25, -0.2) is 8.42 Å². The van der Waals surface area contributed by atoms with E-state index in [1.807, 2.05) is 0 Å². The van der Waals surface area contributed by atoms with Gasteiger partial charge in [0.15, 0.2) is 5.78 Å². The van der Waals surface area contributed by atoms with Crippen LogP contribution in [0.5, 0.6) is 0 Å². The molecule has 0 spiro atoms. The number of nitrogens with two attached hydrogens (primary N) is 1. The predicted octanol–water partition coefficient (Wildman–Crippen LogP) is 2.54. The zero-order valence-electron chi connectivity index (χ0n) is 13.1. The topological polar surface area (TPSA) is 119 Å². The van der Waals surface area contributed by atoms with E-state index in [4.69, 9.17) is 10.2 Å². The second kappa shape index (κ2) is 6.06. The highest BCUT2D eigenvalue weighted by molar-refractivity contribution is 7.92. The van der Waals surface area contributed by atoms with Crippen molar-refractivity contribution < 1.29 is 22.4 Å². The molecule has 25 heavy (non-hydrogen) atoms. The Labute approximate surface area is 143 Å². The van der Waals surface area contributed by atoms with E-state index in [0.29, 0.717) is 16.5 Å². The van der Waals surface area contributed by atoms with Gasteiger partial charge in [0.25, 0.3) is 15.9 Å². The van der Waals surface area contributed by atoms with Crippen LogP contribution in [-0.4, -0.2) is 20.1 Å². The number of sulfonamides is 1. The van der Waals surface area contributed by atoms with Crippen LogP contribution in [0.1, 0.15) is 27.8 Å². The first-order chi connectivity index (χ1) is 11.8. The van der Waals surface area contributed by atoms with Gasteiger partial charge in [-0.15, -0.1) is 0 Å². The summed E-state index contributed by atoms with van der Waals surface area (Å²) in [5.41, 5.74) is 6.00. The molecular weight excluding hydrogens is 344 g/mol. The molecule has 0 radical (unpaired) electrons. The second-order valence-corrected chi connectivity index (χ2v) is 7.04. The Morgan fingerprint density at radius 1 is 1.04 bits per heavy atom. The van der Waals surface area contributed by atoms with E-state index in [1.54, 1.807) is 24.3 Å². The summed E-state index contributed by atoms with van der Waals surface area (Å²) in [5, 5.41) is 0.417. The van der Waals surface area contributed by atoms with Crippen LogP contribution in [0.15, 0.2) is 57.8 Å². The standard InChI is InChI=1S/C17H14N2O5S/c1-10(20)11-6-8-12(9-7-11)25(22,23)19-15-13-4-2-3-5-14(13)24-16(15)17(18)21/h2-9,19H,1H3,(H2,18,21). The molecule has 0 saturated carbocycles. The first-order valence-corrected chi connectivity index (χ1v) is 8.73. The summed E-state index contributed by atoms with van der Waals surface area (Å²) in [6.07, 6.45) is 0. The van der Waals surface area contributed by atoms with Crippen LogP contribution in [0.2, 0.25) is 0 Å². The number of fused-ring (bicyclic) bond motifs is 1. The lowest BCUT2D eigenvalue weighted by molar-refractivity contribution is 0.0975. The highest BCUT2D eigenvalue weighted by Crippen LogP contribution is 2.32. The minimum atomic E-state index is -4.00. The number of benzene rings is 2. The number of furan rings is 1. The van der Waals surface area contributed by atoms with Crippen molar-refractivity contribution in [3.8, 4) is 0 Å². The number of Topliss-reactive ketones (excluding diaryl/α,β-unsaturated/α-hetero) is 1. The van der Waals surface area contributed by atoms with Crippen molar-refractivity contribution in [2.24, 2.45) is 5.73 Å². The van der Waals surface area contributed by atoms with Gasteiger partial charge in [-0.2, -0.15) is 0 Å². The Morgan fingerprint density at radius 2 is 1.68 bits per heavy atom. The molecule has 2 aromatic carbocycles. The molecule has 0 atom stereocenters. The number of carbonyl (C=O) groups is 2. The Morgan fingerprint density at radius 3 is 2.28 bits per heavy atom. The molecule has 0 aliphatic heterocycles. The number of anilines is 1. The van der Waals surface area contributed by atoms with Crippen LogP contribution in [0.4, 0.5) is 5.69 Å². The van der Waals surface area contributed by atoms with Gasteiger partial charge in [-0.3, -0.25) is 14.3 Å². The molecule has 1 amide bonds. The van der Waals surface area contributed by atoms with Crippen molar-refractivity contribution in [1.82, 2.24) is 0 Å². The van der Waals surface area contributed by atoms with Crippen LogP contribution >= 0.6 is 0 Å². The smallest absolute Gasteiger partial charge is 0.286 e. The van der Waals surface area contributed by atoms with Gasteiger partial charge in [-0.05, 0) is 31.2 Å². The van der Waals surface area contributed by atoms with E-state index in [9.17, 15) is 18.0 Å². The molecule has 0 aliphatic carbocycles. The first-order valence-electron chi connectivity index (χ1n) is 7.25. The number of para-hydroxylation sites is 1. The summed E-state index contributed by atoms with van der Waals surface area (Å²) in [6, 6.07) is 12.0. The Kier molecular flexibility index (Phi) is 4.05. The fourth-order valence-electron chi connectivity index (χ4n) is 2.38. The molecule has 0 unspecified atom stereocenters. The lowest BCUT2D eigenvalue weighted by Crippen LogP contribution is -2.17. The number of primary amides is 1. The zero-order chi connectivity index (χ0) is 18.2. The minimum Gasteiger partial charge on any atom is -0.449 e. The summed E-state index contributed by atoms with van der Waals surface area (Å²) in [6.45, 7) is 1.39. The SMILES string of the molecule is CC(=O)c1ccc(S(=O)(=O)Nc2c(C(N)=O)oc3ccccc23)cc1. The lowest BCUT2D eigenvalue weighted by atomic mass is 10.2. The van der Waals surface area contributed by atoms with Crippen molar-refractivity contribution in [3.05, 3.63) is 59.9 Å². The fraction of sp³-hybridized carbons (Fsp3) is 0.0588. The van der Waals surface area contributed by atoms with Crippen molar-refractivity contribution in [1.29, 1.82) is 0 Å². The molecule has 3 rings (SSSR count). The molecule has 0 aliphatic rings. The van der Waals surface area contributed by atoms with E-state index in [1.165, 1.54) is 31.2 Å². The van der Waals surface area contributed by atoms with Gasteiger partial charge < -0.3 is 10.2 Å². The number of ketones is 1. The summed E-state index contributed by atoms with van der Waals surface area (Å²) >= 11 is 0. The molecule has 0 fully saturated rings. The summed E-state index contributed by atoms with van der Waals surface area (Å²) in [4.78, 5) is 22.8. The van der Waals surface area contributed by atoms with Crippen LogP contribution in [0.3, 0.4) is 0 Å². The van der Waals surface area contributed by atoms with Gasteiger partial charge in [0.2, 0.25) is 5.76 Å². The van der Waals surface area contributed by atoms with Gasteiger partial charge in [-0.1, -0.05) is 24.3 Å².